The molecule has 2 aromatic rings. The monoisotopic (exact) mass is 396 g/mol. The van der Waals surface area contributed by atoms with Crippen LogP contribution in [-0.2, 0) is 16.1 Å². The molecule has 0 aromatic heterocycles. The number of benzene rings is 2. The van der Waals surface area contributed by atoms with Gasteiger partial charge < -0.3 is 21.1 Å². The molecule has 1 saturated heterocycles. The molecule has 4 N–H and O–H groups in total. The highest BCUT2D eigenvalue weighted by atomic mass is 16.5. The SMILES string of the molecule is Cc1ccc(N)cc1C(=O)NCc1cccc(NC(=O)CCN2CCOCC2)c1. The van der Waals surface area contributed by atoms with Crippen LogP contribution in [0.4, 0.5) is 11.4 Å². The van der Waals surface area contributed by atoms with Crippen molar-refractivity contribution in [1.82, 2.24) is 10.2 Å². The number of rotatable bonds is 7. The van der Waals surface area contributed by atoms with Crippen molar-refractivity contribution >= 4 is 23.2 Å². The van der Waals surface area contributed by atoms with Gasteiger partial charge in [0.2, 0.25) is 5.91 Å². The minimum atomic E-state index is -0.172. The molecule has 0 atom stereocenters. The molecule has 154 valence electrons. The van der Waals surface area contributed by atoms with Crippen molar-refractivity contribution in [3.8, 4) is 0 Å². The molecule has 1 aliphatic rings. The summed E-state index contributed by atoms with van der Waals surface area (Å²) in [5.74, 6) is -0.192. The number of aryl methyl sites for hydroxylation is 1. The van der Waals surface area contributed by atoms with E-state index in [1.165, 1.54) is 0 Å². The van der Waals surface area contributed by atoms with Crippen LogP contribution in [-0.4, -0.2) is 49.6 Å². The lowest BCUT2D eigenvalue weighted by Crippen LogP contribution is -2.38. The van der Waals surface area contributed by atoms with Crippen molar-refractivity contribution in [2.45, 2.75) is 19.9 Å². The van der Waals surface area contributed by atoms with E-state index in [2.05, 4.69) is 15.5 Å². The summed E-state index contributed by atoms with van der Waals surface area (Å²) in [6.07, 6.45) is 0.440. The Morgan fingerprint density at radius 2 is 1.93 bits per heavy atom. The van der Waals surface area contributed by atoms with Crippen LogP contribution in [0.25, 0.3) is 0 Å². The number of ether oxygens (including phenoxy) is 1. The quantitative estimate of drug-likeness (QED) is 0.623. The van der Waals surface area contributed by atoms with Gasteiger partial charge in [0.1, 0.15) is 0 Å². The van der Waals surface area contributed by atoms with Gasteiger partial charge in [0.15, 0.2) is 0 Å². The van der Waals surface area contributed by atoms with Crippen LogP contribution in [0, 0.1) is 6.92 Å². The number of nitrogens with zero attached hydrogens (tertiary/aromatic N) is 1. The summed E-state index contributed by atoms with van der Waals surface area (Å²) in [7, 11) is 0. The predicted molar refractivity (Wildman–Crippen MR) is 114 cm³/mol. The molecule has 3 rings (SSSR count). The van der Waals surface area contributed by atoms with Crippen molar-refractivity contribution in [2.75, 3.05) is 43.9 Å². The standard InChI is InChI=1S/C22H28N4O3/c1-16-5-6-18(23)14-20(16)22(28)24-15-17-3-2-4-19(13-17)25-21(27)7-8-26-9-11-29-12-10-26/h2-6,13-14H,7-12,15,23H2,1H3,(H,24,28)(H,25,27). The van der Waals surface area contributed by atoms with Crippen molar-refractivity contribution in [3.63, 3.8) is 0 Å². The maximum atomic E-state index is 12.4. The van der Waals surface area contributed by atoms with Crippen LogP contribution in [0.1, 0.15) is 27.9 Å². The molecule has 29 heavy (non-hydrogen) atoms. The highest BCUT2D eigenvalue weighted by Crippen LogP contribution is 2.14. The predicted octanol–water partition coefficient (Wildman–Crippen LogP) is 2.17. The third-order valence-electron chi connectivity index (χ3n) is 4.93. The van der Waals surface area contributed by atoms with Crippen LogP contribution < -0.4 is 16.4 Å². The highest BCUT2D eigenvalue weighted by Gasteiger charge is 2.12. The average molecular weight is 396 g/mol. The largest absolute Gasteiger partial charge is 0.399 e. The molecule has 7 nitrogen and oxygen atoms in total. The van der Waals surface area contributed by atoms with Gasteiger partial charge in [0, 0.05) is 49.5 Å². The number of amides is 2. The minimum Gasteiger partial charge on any atom is -0.399 e. The molecular formula is C22H28N4O3. The molecule has 0 saturated carbocycles. The normalized spacial score (nSPS) is 14.4. The summed E-state index contributed by atoms with van der Waals surface area (Å²) >= 11 is 0. The summed E-state index contributed by atoms with van der Waals surface area (Å²) in [6, 6.07) is 12.8. The number of anilines is 2. The molecule has 1 aliphatic heterocycles. The lowest BCUT2D eigenvalue weighted by Gasteiger charge is -2.26. The Morgan fingerprint density at radius 3 is 2.72 bits per heavy atom. The number of carbonyl (C=O) groups is 2. The number of nitrogens with one attached hydrogen (secondary N) is 2. The maximum Gasteiger partial charge on any atom is 0.251 e. The fourth-order valence-electron chi connectivity index (χ4n) is 3.23. The Bertz CT molecular complexity index is 863. The first-order valence-electron chi connectivity index (χ1n) is 9.84. The number of nitrogen functional groups attached to an aromatic ring is 1. The minimum absolute atomic E-state index is 0.0203. The van der Waals surface area contributed by atoms with E-state index in [4.69, 9.17) is 10.5 Å². The van der Waals surface area contributed by atoms with Gasteiger partial charge in [-0.1, -0.05) is 18.2 Å². The van der Waals surface area contributed by atoms with Gasteiger partial charge in [-0.3, -0.25) is 14.5 Å². The average Bonchev–Trinajstić information content (AvgIpc) is 2.73. The van der Waals surface area contributed by atoms with Crippen molar-refractivity contribution in [2.24, 2.45) is 0 Å². The smallest absolute Gasteiger partial charge is 0.251 e. The van der Waals surface area contributed by atoms with Crippen LogP contribution in [0.2, 0.25) is 0 Å². The Labute approximate surface area is 171 Å². The number of hydrogen-bond donors (Lipinski definition) is 3. The molecule has 7 heteroatoms. The van der Waals surface area contributed by atoms with E-state index in [0.29, 0.717) is 24.2 Å². The van der Waals surface area contributed by atoms with E-state index in [0.717, 1.165) is 49.7 Å². The van der Waals surface area contributed by atoms with Crippen molar-refractivity contribution in [3.05, 3.63) is 59.2 Å². The topological polar surface area (TPSA) is 96.7 Å². The van der Waals surface area contributed by atoms with Gasteiger partial charge in [-0.25, -0.2) is 0 Å². The summed E-state index contributed by atoms with van der Waals surface area (Å²) in [5, 5.41) is 5.84. The molecule has 0 unspecified atom stereocenters. The molecule has 0 bridgehead atoms. The molecular weight excluding hydrogens is 368 g/mol. The molecule has 0 radical (unpaired) electrons. The van der Waals surface area contributed by atoms with Gasteiger partial charge in [-0.15, -0.1) is 0 Å². The fourth-order valence-corrected chi connectivity index (χ4v) is 3.23. The van der Waals surface area contributed by atoms with Crippen LogP contribution >= 0.6 is 0 Å². The van der Waals surface area contributed by atoms with E-state index >= 15 is 0 Å². The van der Waals surface area contributed by atoms with E-state index in [-0.39, 0.29) is 11.8 Å². The molecule has 1 fully saturated rings. The van der Waals surface area contributed by atoms with Crippen LogP contribution in [0.15, 0.2) is 42.5 Å². The van der Waals surface area contributed by atoms with Gasteiger partial charge in [-0.2, -0.15) is 0 Å². The maximum absolute atomic E-state index is 12.4. The number of nitrogens with two attached hydrogens (primary N) is 1. The second kappa shape index (κ2) is 10.0. The molecule has 1 heterocycles. The van der Waals surface area contributed by atoms with Crippen LogP contribution in [0.5, 0.6) is 0 Å². The second-order valence-electron chi connectivity index (χ2n) is 7.21. The van der Waals surface area contributed by atoms with E-state index in [1.807, 2.05) is 37.3 Å². The first-order valence-corrected chi connectivity index (χ1v) is 9.84. The van der Waals surface area contributed by atoms with Gasteiger partial charge in [0.05, 0.1) is 13.2 Å². The summed E-state index contributed by atoms with van der Waals surface area (Å²) < 4.78 is 5.32. The number of carbonyl (C=O) groups excluding carboxylic acids is 2. The number of hydrogen-bond acceptors (Lipinski definition) is 5. The van der Waals surface area contributed by atoms with E-state index in [9.17, 15) is 9.59 Å². The third kappa shape index (κ3) is 6.30. The Kier molecular flexibility index (Phi) is 7.21. The van der Waals surface area contributed by atoms with Gasteiger partial charge in [0.25, 0.3) is 5.91 Å². The van der Waals surface area contributed by atoms with Crippen LogP contribution in [0.3, 0.4) is 0 Å². The highest BCUT2D eigenvalue weighted by molar-refractivity contribution is 5.96. The zero-order valence-corrected chi connectivity index (χ0v) is 16.7. The summed E-state index contributed by atoms with van der Waals surface area (Å²) in [4.78, 5) is 26.9. The fraction of sp³-hybridized carbons (Fsp3) is 0.364. The second-order valence-corrected chi connectivity index (χ2v) is 7.21. The first kappa shape index (κ1) is 20.8. The zero-order valence-electron chi connectivity index (χ0n) is 16.7. The lowest BCUT2D eigenvalue weighted by atomic mass is 10.1. The van der Waals surface area contributed by atoms with Gasteiger partial charge in [-0.05, 0) is 42.3 Å². The van der Waals surface area contributed by atoms with E-state index < -0.39 is 0 Å². The zero-order chi connectivity index (χ0) is 20.6. The Morgan fingerprint density at radius 1 is 1.14 bits per heavy atom. The van der Waals surface area contributed by atoms with Crippen molar-refractivity contribution < 1.29 is 14.3 Å². The number of morpholine rings is 1. The van der Waals surface area contributed by atoms with Gasteiger partial charge >= 0.3 is 0 Å². The molecule has 0 spiro atoms. The Balaban J connectivity index is 1.50. The molecule has 0 aliphatic carbocycles. The van der Waals surface area contributed by atoms with Crippen molar-refractivity contribution in [1.29, 1.82) is 0 Å². The lowest BCUT2D eigenvalue weighted by molar-refractivity contribution is -0.116. The van der Waals surface area contributed by atoms with E-state index in [1.54, 1.807) is 12.1 Å². The Hall–Kier alpha value is -2.90. The summed E-state index contributed by atoms with van der Waals surface area (Å²) in [5.41, 5.74) is 9.41. The third-order valence-corrected chi connectivity index (χ3v) is 4.93. The molecule has 2 aromatic carbocycles. The summed E-state index contributed by atoms with van der Waals surface area (Å²) in [6.45, 7) is 6.16. The molecule has 2 amide bonds. The first-order chi connectivity index (χ1) is 14.0.